The van der Waals surface area contributed by atoms with E-state index in [9.17, 15) is 13.6 Å². The van der Waals surface area contributed by atoms with Crippen LogP contribution in [0.15, 0.2) is 47.6 Å². The molecular weight excluding hydrogens is 374 g/mol. The Kier molecular flexibility index (Phi) is 8.01. The highest BCUT2D eigenvalue weighted by Gasteiger charge is 2.10. The SMILES string of the molecule is COc1ccc(CNC(=O)CO/N=C\c2ccc(OC(F)F)c(OC)c2)cc1. The number of nitrogens with zero attached hydrogens (tertiary/aromatic N) is 1. The molecular formula is C19H20F2N2O5. The first kappa shape index (κ1) is 20.9. The molecule has 0 unspecified atom stereocenters. The highest BCUT2D eigenvalue weighted by Crippen LogP contribution is 2.28. The van der Waals surface area contributed by atoms with E-state index < -0.39 is 6.61 Å². The molecule has 0 aromatic heterocycles. The fourth-order valence-corrected chi connectivity index (χ4v) is 2.15. The number of hydrogen-bond acceptors (Lipinski definition) is 6. The number of hydrogen-bond donors (Lipinski definition) is 1. The molecule has 2 aromatic rings. The van der Waals surface area contributed by atoms with Gasteiger partial charge in [-0.2, -0.15) is 8.78 Å². The molecule has 0 aliphatic heterocycles. The zero-order valence-electron chi connectivity index (χ0n) is 15.4. The molecule has 0 bridgehead atoms. The van der Waals surface area contributed by atoms with Crippen molar-refractivity contribution in [1.29, 1.82) is 0 Å². The van der Waals surface area contributed by atoms with Crippen LogP contribution in [0.4, 0.5) is 8.78 Å². The summed E-state index contributed by atoms with van der Waals surface area (Å²) < 4.78 is 39.0. The first-order chi connectivity index (χ1) is 13.5. The van der Waals surface area contributed by atoms with Gasteiger partial charge in [0.25, 0.3) is 5.91 Å². The Morgan fingerprint density at radius 2 is 1.86 bits per heavy atom. The Bertz CT molecular complexity index is 797. The smallest absolute Gasteiger partial charge is 0.387 e. The Hall–Kier alpha value is -3.36. The van der Waals surface area contributed by atoms with Gasteiger partial charge in [-0.05, 0) is 35.9 Å². The van der Waals surface area contributed by atoms with Crippen LogP contribution < -0.4 is 19.5 Å². The van der Waals surface area contributed by atoms with Crippen LogP contribution in [-0.4, -0.2) is 39.6 Å². The molecule has 0 aliphatic rings. The van der Waals surface area contributed by atoms with E-state index >= 15 is 0 Å². The fourth-order valence-electron chi connectivity index (χ4n) is 2.15. The Morgan fingerprint density at radius 3 is 2.50 bits per heavy atom. The molecule has 0 aliphatic carbocycles. The van der Waals surface area contributed by atoms with Crippen molar-refractivity contribution < 1.29 is 32.6 Å². The minimum Gasteiger partial charge on any atom is -0.497 e. The van der Waals surface area contributed by atoms with Gasteiger partial charge in [0.2, 0.25) is 0 Å². The molecule has 1 amide bonds. The average Bonchev–Trinajstić information content (AvgIpc) is 2.70. The summed E-state index contributed by atoms with van der Waals surface area (Å²) in [5, 5.41) is 6.37. The second-order valence-corrected chi connectivity index (χ2v) is 5.42. The number of halogens is 2. The van der Waals surface area contributed by atoms with Crippen LogP contribution in [0.2, 0.25) is 0 Å². The van der Waals surface area contributed by atoms with Gasteiger partial charge in [0.15, 0.2) is 18.1 Å². The number of oxime groups is 1. The van der Waals surface area contributed by atoms with Crippen LogP contribution in [0.3, 0.4) is 0 Å². The molecule has 0 fully saturated rings. The molecule has 0 spiro atoms. The minimum absolute atomic E-state index is 0.0894. The monoisotopic (exact) mass is 394 g/mol. The van der Waals surface area contributed by atoms with Gasteiger partial charge in [0, 0.05) is 12.1 Å². The summed E-state index contributed by atoms with van der Waals surface area (Å²) in [6.45, 7) is -2.87. The average molecular weight is 394 g/mol. The van der Waals surface area contributed by atoms with Crippen molar-refractivity contribution >= 4 is 12.1 Å². The lowest BCUT2D eigenvalue weighted by Crippen LogP contribution is -2.26. The number of alkyl halides is 2. The van der Waals surface area contributed by atoms with Gasteiger partial charge in [0.1, 0.15) is 5.75 Å². The second kappa shape index (κ2) is 10.7. The minimum atomic E-state index is -2.95. The van der Waals surface area contributed by atoms with Gasteiger partial charge < -0.3 is 24.4 Å². The number of carbonyl (C=O) groups is 1. The summed E-state index contributed by atoms with van der Waals surface area (Å²) in [7, 11) is 2.91. The summed E-state index contributed by atoms with van der Waals surface area (Å²) >= 11 is 0. The van der Waals surface area contributed by atoms with E-state index in [4.69, 9.17) is 14.3 Å². The van der Waals surface area contributed by atoms with Crippen LogP contribution >= 0.6 is 0 Å². The summed E-state index contributed by atoms with van der Waals surface area (Å²) in [6.07, 6.45) is 1.32. The number of ether oxygens (including phenoxy) is 3. The number of benzene rings is 2. The van der Waals surface area contributed by atoms with E-state index in [1.165, 1.54) is 31.5 Å². The molecule has 0 saturated carbocycles. The Balaban J connectivity index is 1.78. The molecule has 2 rings (SSSR count). The number of methoxy groups -OCH3 is 2. The van der Waals surface area contributed by atoms with Crippen LogP contribution in [0.1, 0.15) is 11.1 Å². The van der Waals surface area contributed by atoms with Gasteiger partial charge >= 0.3 is 6.61 Å². The molecule has 9 heteroatoms. The molecule has 0 atom stereocenters. The molecule has 28 heavy (non-hydrogen) atoms. The van der Waals surface area contributed by atoms with Gasteiger partial charge in [-0.25, -0.2) is 0 Å². The van der Waals surface area contributed by atoms with Crippen LogP contribution in [0, 0.1) is 0 Å². The summed E-state index contributed by atoms with van der Waals surface area (Å²) in [6, 6.07) is 11.6. The zero-order chi connectivity index (χ0) is 20.4. The van der Waals surface area contributed by atoms with E-state index in [-0.39, 0.29) is 24.0 Å². The number of nitrogens with one attached hydrogen (secondary N) is 1. The first-order valence-corrected chi connectivity index (χ1v) is 8.19. The largest absolute Gasteiger partial charge is 0.497 e. The lowest BCUT2D eigenvalue weighted by molar-refractivity contribution is -0.125. The van der Waals surface area contributed by atoms with E-state index in [1.54, 1.807) is 19.2 Å². The second-order valence-electron chi connectivity index (χ2n) is 5.42. The molecule has 0 saturated heterocycles. The van der Waals surface area contributed by atoms with Crippen molar-refractivity contribution in [2.45, 2.75) is 13.2 Å². The quantitative estimate of drug-likeness (QED) is 0.495. The van der Waals surface area contributed by atoms with Gasteiger partial charge in [0.05, 0.1) is 20.4 Å². The Labute approximate surface area is 160 Å². The fraction of sp³-hybridized carbons (Fsp3) is 0.263. The van der Waals surface area contributed by atoms with Crippen LogP contribution in [-0.2, 0) is 16.2 Å². The highest BCUT2D eigenvalue weighted by molar-refractivity contribution is 5.81. The van der Waals surface area contributed by atoms with Crippen molar-refractivity contribution in [1.82, 2.24) is 5.32 Å². The van der Waals surface area contributed by atoms with Crippen LogP contribution in [0.25, 0.3) is 0 Å². The van der Waals surface area contributed by atoms with Crippen LogP contribution in [0.5, 0.6) is 17.2 Å². The van der Waals surface area contributed by atoms with E-state index in [0.717, 1.165) is 11.3 Å². The Morgan fingerprint density at radius 1 is 1.11 bits per heavy atom. The summed E-state index contributed by atoms with van der Waals surface area (Å²) in [5.41, 5.74) is 1.44. The predicted molar refractivity (Wildman–Crippen MR) is 98.0 cm³/mol. The number of carbonyl (C=O) groups excluding carboxylic acids is 1. The first-order valence-electron chi connectivity index (χ1n) is 8.19. The third-order valence-electron chi connectivity index (χ3n) is 3.52. The third kappa shape index (κ3) is 6.75. The lowest BCUT2D eigenvalue weighted by atomic mass is 10.2. The topological polar surface area (TPSA) is 78.4 Å². The maximum atomic E-state index is 12.3. The summed E-state index contributed by atoms with van der Waals surface area (Å²) in [5.74, 6) is 0.430. The van der Waals surface area contributed by atoms with E-state index in [1.807, 2.05) is 12.1 Å². The van der Waals surface area contributed by atoms with Crippen molar-refractivity contribution in [3.8, 4) is 17.2 Å². The molecule has 2 aromatic carbocycles. The molecule has 0 heterocycles. The number of rotatable bonds is 10. The normalized spacial score (nSPS) is 10.8. The van der Waals surface area contributed by atoms with Crippen molar-refractivity contribution in [2.75, 3.05) is 20.8 Å². The molecule has 150 valence electrons. The van der Waals surface area contributed by atoms with E-state index in [0.29, 0.717) is 12.1 Å². The third-order valence-corrected chi connectivity index (χ3v) is 3.52. The van der Waals surface area contributed by atoms with E-state index in [2.05, 4.69) is 15.2 Å². The molecule has 1 N–H and O–H groups in total. The number of amides is 1. The predicted octanol–water partition coefficient (Wildman–Crippen LogP) is 2.97. The van der Waals surface area contributed by atoms with Gasteiger partial charge in [-0.3, -0.25) is 4.79 Å². The highest BCUT2D eigenvalue weighted by atomic mass is 19.3. The standard InChI is InChI=1S/C19H20F2N2O5/c1-25-15-6-3-13(4-7-15)10-22-18(24)12-27-23-11-14-5-8-16(28-19(20)21)17(9-14)26-2/h3-9,11,19H,10,12H2,1-2H3,(H,22,24)/b23-11-. The van der Waals surface area contributed by atoms with Gasteiger partial charge in [-0.1, -0.05) is 17.3 Å². The molecule has 0 radical (unpaired) electrons. The van der Waals surface area contributed by atoms with Crippen molar-refractivity contribution in [2.24, 2.45) is 5.16 Å². The van der Waals surface area contributed by atoms with Crippen molar-refractivity contribution in [3.05, 3.63) is 53.6 Å². The zero-order valence-corrected chi connectivity index (χ0v) is 15.4. The maximum Gasteiger partial charge on any atom is 0.387 e. The summed E-state index contributed by atoms with van der Waals surface area (Å²) in [4.78, 5) is 16.7. The maximum absolute atomic E-state index is 12.3. The van der Waals surface area contributed by atoms with Crippen molar-refractivity contribution in [3.63, 3.8) is 0 Å². The van der Waals surface area contributed by atoms with Gasteiger partial charge in [-0.15, -0.1) is 0 Å². The molecule has 7 nitrogen and oxygen atoms in total. The lowest BCUT2D eigenvalue weighted by Gasteiger charge is -2.09.